The van der Waals surface area contributed by atoms with Gasteiger partial charge in [-0.3, -0.25) is 14.5 Å². The molecule has 2 atom stereocenters. The lowest BCUT2D eigenvalue weighted by Crippen LogP contribution is -2.69. The molecular formula is C24H29N3O2S. The number of piperazine rings is 2. The average molecular weight is 424 g/mol. The Morgan fingerprint density at radius 3 is 2.57 bits per heavy atom. The van der Waals surface area contributed by atoms with Crippen molar-refractivity contribution in [3.05, 3.63) is 70.8 Å². The van der Waals surface area contributed by atoms with Crippen LogP contribution < -0.4 is 5.32 Å². The lowest BCUT2D eigenvalue weighted by Gasteiger charge is -2.45. The maximum atomic E-state index is 13.0. The zero-order valence-electron chi connectivity index (χ0n) is 17.6. The normalized spacial score (nSPS) is 22.0. The van der Waals surface area contributed by atoms with E-state index in [0.717, 1.165) is 18.8 Å². The van der Waals surface area contributed by atoms with Gasteiger partial charge in [-0.15, -0.1) is 0 Å². The van der Waals surface area contributed by atoms with E-state index < -0.39 is 6.04 Å². The molecule has 0 radical (unpaired) electrons. The SMILES string of the molecule is Cc1ccc(CN2CCN3C(=O)[C@H](CSCc4ccccc4)NC(=O)[C@H]3C2)cc1C. The van der Waals surface area contributed by atoms with E-state index in [1.54, 1.807) is 16.7 Å². The first-order valence-corrected chi connectivity index (χ1v) is 11.7. The van der Waals surface area contributed by atoms with Crippen LogP contribution in [0.25, 0.3) is 0 Å². The summed E-state index contributed by atoms with van der Waals surface area (Å²) in [5.74, 6) is 1.48. The van der Waals surface area contributed by atoms with E-state index in [-0.39, 0.29) is 17.9 Å². The largest absolute Gasteiger partial charge is 0.342 e. The van der Waals surface area contributed by atoms with Crippen molar-refractivity contribution < 1.29 is 9.59 Å². The Bertz CT molecular complexity index is 918. The lowest BCUT2D eigenvalue weighted by molar-refractivity contribution is -0.152. The van der Waals surface area contributed by atoms with E-state index in [0.29, 0.717) is 18.8 Å². The summed E-state index contributed by atoms with van der Waals surface area (Å²) in [5.41, 5.74) is 5.06. The van der Waals surface area contributed by atoms with E-state index in [4.69, 9.17) is 0 Å². The van der Waals surface area contributed by atoms with Crippen LogP contribution in [0.15, 0.2) is 48.5 Å². The zero-order chi connectivity index (χ0) is 21.1. The number of thioether (sulfide) groups is 1. The minimum atomic E-state index is -0.422. The predicted molar refractivity (Wildman–Crippen MR) is 121 cm³/mol. The number of aryl methyl sites for hydroxylation is 2. The maximum absolute atomic E-state index is 13.0. The Balaban J connectivity index is 1.33. The third-order valence-electron chi connectivity index (χ3n) is 6.04. The van der Waals surface area contributed by atoms with E-state index in [2.05, 4.69) is 54.4 Å². The van der Waals surface area contributed by atoms with E-state index in [1.165, 1.54) is 22.3 Å². The van der Waals surface area contributed by atoms with Gasteiger partial charge in [0.25, 0.3) is 0 Å². The molecule has 1 N–H and O–H groups in total. The summed E-state index contributed by atoms with van der Waals surface area (Å²) in [4.78, 5) is 29.8. The van der Waals surface area contributed by atoms with Gasteiger partial charge in [0.1, 0.15) is 12.1 Å². The molecule has 0 aromatic heterocycles. The molecular weight excluding hydrogens is 394 g/mol. The summed E-state index contributed by atoms with van der Waals surface area (Å²) in [6.45, 7) is 7.05. The van der Waals surface area contributed by atoms with E-state index in [1.807, 2.05) is 18.2 Å². The molecule has 2 aromatic rings. The second kappa shape index (κ2) is 9.23. The standard InChI is InChI=1S/C24H29N3O2S/c1-17-8-9-20(12-18(17)2)13-26-10-11-27-22(14-26)23(28)25-21(24(27)29)16-30-15-19-6-4-3-5-7-19/h3-9,12,21-22H,10-11,13-16H2,1-2H3,(H,25,28)/t21-,22+/m0/s1. The Morgan fingerprint density at radius 1 is 1.00 bits per heavy atom. The van der Waals surface area contributed by atoms with Crippen LogP contribution in [-0.2, 0) is 21.9 Å². The molecule has 0 bridgehead atoms. The highest BCUT2D eigenvalue weighted by Crippen LogP contribution is 2.21. The molecule has 2 heterocycles. The summed E-state index contributed by atoms with van der Waals surface area (Å²) in [7, 11) is 0. The van der Waals surface area contributed by atoms with Gasteiger partial charge in [0, 0.05) is 37.7 Å². The summed E-state index contributed by atoms with van der Waals surface area (Å²) in [5, 5.41) is 2.97. The van der Waals surface area contributed by atoms with Crippen molar-refractivity contribution in [2.75, 3.05) is 25.4 Å². The van der Waals surface area contributed by atoms with Crippen molar-refractivity contribution in [1.29, 1.82) is 0 Å². The van der Waals surface area contributed by atoms with Crippen LogP contribution in [0.4, 0.5) is 0 Å². The zero-order valence-corrected chi connectivity index (χ0v) is 18.5. The third kappa shape index (κ3) is 4.71. The van der Waals surface area contributed by atoms with Crippen molar-refractivity contribution in [2.24, 2.45) is 0 Å². The lowest BCUT2D eigenvalue weighted by atomic mass is 10.0. The van der Waals surface area contributed by atoms with Gasteiger partial charge in [0.2, 0.25) is 11.8 Å². The summed E-state index contributed by atoms with van der Waals surface area (Å²) < 4.78 is 0. The van der Waals surface area contributed by atoms with Crippen LogP contribution in [-0.4, -0.2) is 59.1 Å². The maximum Gasteiger partial charge on any atom is 0.246 e. The number of carbonyl (C=O) groups is 2. The molecule has 2 aliphatic heterocycles. The molecule has 5 nitrogen and oxygen atoms in total. The fourth-order valence-electron chi connectivity index (χ4n) is 4.14. The Kier molecular flexibility index (Phi) is 6.44. The number of nitrogens with zero attached hydrogens (tertiary/aromatic N) is 2. The van der Waals surface area contributed by atoms with E-state index >= 15 is 0 Å². The first-order chi connectivity index (χ1) is 14.5. The van der Waals surface area contributed by atoms with Crippen LogP contribution >= 0.6 is 11.8 Å². The highest BCUT2D eigenvalue weighted by molar-refractivity contribution is 7.98. The minimum Gasteiger partial charge on any atom is -0.342 e. The van der Waals surface area contributed by atoms with Gasteiger partial charge in [0.15, 0.2) is 0 Å². The molecule has 2 amide bonds. The average Bonchev–Trinajstić information content (AvgIpc) is 2.75. The van der Waals surface area contributed by atoms with Crippen molar-refractivity contribution in [3.8, 4) is 0 Å². The number of benzene rings is 2. The number of amides is 2. The Morgan fingerprint density at radius 2 is 1.80 bits per heavy atom. The fourth-order valence-corrected chi connectivity index (χ4v) is 5.15. The highest BCUT2D eigenvalue weighted by Gasteiger charge is 2.43. The molecule has 0 saturated carbocycles. The second-order valence-corrected chi connectivity index (χ2v) is 9.29. The van der Waals surface area contributed by atoms with Crippen LogP contribution in [0.2, 0.25) is 0 Å². The van der Waals surface area contributed by atoms with Crippen LogP contribution in [0.3, 0.4) is 0 Å². The van der Waals surface area contributed by atoms with E-state index in [9.17, 15) is 9.59 Å². The smallest absolute Gasteiger partial charge is 0.246 e. The van der Waals surface area contributed by atoms with Crippen molar-refractivity contribution >= 4 is 23.6 Å². The number of fused-ring (bicyclic) bond motifs is 1. The van der Waals surface area contributed by atoms with Gasteiger partial charge in [-0.2, -0.15) is 11.8 Å². The Labute approximate surface area is 182 Å². The van der Waals surface area contributed by atoms with Crippen molar-refractivity contribution in [1.82, 2.24) is 15.1 Å². The molecule has 158 valence electrons. The van der Waals surface area contributed by atoms with Gasteiger partial charge in [-0.25, -0.2) is 0 Å². The number of hydrogen-bond acceptors (Lipinski definition) is 4. The quantitative estimate of drug-likeness (QED) is 0.776. The number of hydrogen-bond donors (Lipinski definition) is 1. The number of rotatable bonds is 6. The van der Waals surface area contributed by atoms with Gasteiger partial charge >= 0.3 is 0 Å². The Hall–Kier alpha value is -2.31. The molecule has 30 heavy (non-hydrogen) atoms. The first kappa shape index (κ1) is 20.9. The monoisotopic (exact) mass is 423 g/mol. The van der Waals surface area contributed by atoms with Crippen molar-refractivity contribution in [3.63, 3.8) is 0 Å². The third-order valence-corrected chi connectivity index (χ3v) is 7.14. The summed E-state index contributed by atoms with van der Waals surface area (Å²) >= 11 is 1.69. The molecule has 6 heteroatoms. The summed E-state index contributed by atoms with van der Waals surface area (Å²) in [6, 6.07) is 15.9. The molecule has 0 spiro atoms. The van der Waals surface area contributed by atoms with Gasteiger partial charge in [0.05, 0.1) is 0 Å². The molecule has 2 saturated heterocycles. The molecule has 2 fully saturated rings. The van der Waals surface area contributed by atoms with Gasteiger partial charge in [-0.05, 0) is 36.1 Å². The number of carbonyl (C=O) groups excluding carboxylic acids is 2. The van der Waals surface area contributed by atoms with Crippen LogP contribution in [0.1, 0.15) is 22.3 Å². The highest BCUT2D eigenvalue weighted by atomic mass is 32.2. The molecule has 4 rings (SSSR count). The molecule has 0 unspecified atom stereocenters. The summed E-state index contributed by atoms with van der Waals surface area (Å²) in [6.07, 6.45) is 0. The van der Waals surface area contributed by atoms with Crippen LogP contribution in [0, 0.1) is 13.8 Å². The first-order valence-electron chi connectivity index (χ1n) is 10.5. The molecule has 2 aromatic carbocycles. The van der Waals surface area contributed by atoms with Gasteiger partial charge in [-0.1, -0.05) is 48.5 Å². The minimum absolute atomic E-state index is 0.0234. The van der Waals surface area contributed by atoms with Crippen LogP contribution in [0.5, 0.6) is 0 Å². The fraction of sp³-hybridized carbons (Fsp3) is 0.417. The molecule has 0 aliphatic carbocycles. The van der Waals surface area contributed by atoms with Gasteiger partial charge < -0.3 is 10.2 Å². The predicted octanol–water partition coefficient (Wildman–Crippen LogP) is 2.75. The molecule has 2 aliphatic rings. The second-order valence-electron chi connectivity index (χ2n) is 8.26. The number of nitrogens with one attached hydrogen (secondary N) is 1. The van der Waals surface area contributed by atoms with Crippen molar-refractivity contribution in [2.45, 2.75) is 38.2 Å². The topological polar surface area (TPSA) is 52.6 Å².